The van der Waals surface area contributed by atoms with Crippen molar-refractivity contribution in [2.45, 2.75) is 104 Å². The Morgan fingerprint density at radius 3 is 2.09 bits per heavy atom. The van der Waals surface area contributed by atoms with E-state index in [0.29, 0.717) is 19.4 Å². The van der Waals surface area contributed by atoms with E-state index < -0.39 is 11.1 Å². The molecule has 1 saturated heterocycles. The van der Waals surface area contributed by atoms with Crippen molar-refractivity contribution in [3.63, 3.8) is 0 Å². The lowest BCUT2D eigenvalue weighted by Gasteiger charge is -2.56. The fraction of sp³-hybridized carbons (Fsp3) is 0.944. The maximum absolute atomic E-state index is 13.2. The van der Waals surface area contributed by atoms with Crippen LogP contribution in [0.5, 0.6) is 0 Å². The SMILES string of the molecule is CCCCCC(C)(C)N1CC(C)(C)N([O])C(CC)(CC)C1=O. The number of piperazine rings is 1. The Kier molecular flexibility index (Phi) is 6.07. The molecule has 0 spiro atoms. The molecule has 0 N–H and O–H groups in total. The molecule has 129 valence electrons. The molecule has 1 heterocycles. The van der Waals surface area contributed by atoms with Gasteiger partial charge in [-0.2, -0.15) is 0 Å². The van der Waals surface area contributed by atoms with E-state index in [9.17, 15) is 10.0 Å². The average Bonchev–Trinajstić information content (AvgIpc) is 2.45. The minimum atomic E-state index is -0.899. The van der Waals surface area contributed by atoms with Gasteiger partial charge in [0.25, 0.3) is 0 Å². The van der Waals surface area contributed by atoms with Crippen molar-refractivity contribution in [3.8, 4) is 0 Å². The van der Waals surface area contributed by atoms with Crippen LogP contribution in [0.15, 0.2) is 0 Å². The number of hydrogen-bond acceptors (Lipinski definition) is 2. The summed E-state index contributed by atoms with van der Waals surface area (Å²) >= 11 is 0. The highest BCUT2D eigenvalue weighted by molar-refractivity contribution is 5.88. The van der Waals surface area contributed by atoms with E-state index in [2.05, 4.69) is 20.8 Å². The Morgan fingerprint density at radius 2 is 1.64 bits per heavy atom. The zero-order valence-electron chi connectivity index (χ0n) is 15.7. The molecule has 1 aliphatic rings. The first kappa shape index (κ1) is 19.4. The number of hydroxylamine groups is 2. The van der Waals surface area contributed by atoms with Gasteiger partial charge in [0.2, 0.25) is 5.91 Å². The third-order valence-corrected chi connectivity index (χ3v) is 5.42. The summed E-state index contributed by atoms with van der Waals surface area (Å²) in [6.07, 6.45) is 5.62. The van der Waals surface area contributed by atoms with Crippen LogP contribution in [-0.2, 0) is 10.0 Å². The minimum absolute atomic E-state index is 0.0216. The Morgan fingerprint density at radius 1 is 1.09 bits per heavy atom. The van der Waals surface area contributed by atoms with E-state index in [-0.39, 0.29) is 11.4 Å². The van der Waals surface area contributed by atoms with Gasteiger partial charge in [0.1, 0.15) is 5.54 Å². The predicted molar refractivity (Wildman–Crippen MR) is 89.9 cm³/mol. The summed E-state index contributed by atoms with van der Waals surface area (Å²) < 4.78 is 0. The highest BCUT2D eigenvalue weighted by Crippen LogP contribution is 2.40. The van der Waals surface area contributed by atoms with Crippen LogP contribution in [0, 0.1) is 0 Å². The number of carbonyl (C=O) groups excluding carboxylic acids is 1. The van der Waals surface area contributed by atoms with Gasteiger partial charge in [-0.25, -0.2) is 0 Å². The van der Waals surface area contributed by atoms with Crippen molar-refractivity contribution in [3.05, 3.63) is 0 Å². The normalized spacial score (nSPS) is 22.2. The standard InChI is InChI=1S/C18H35N2O2/c1-8-11-12-13-16(4,5)19-14-17(6,7)20(22)18(9-2,10-3)15(19)21/h8-14H2,1-7H3. The zero-order valence-corrected chi connectivity index (χ0v) is 15.7. The van der Waals surface area contributed by atoms with Crippen LogP contribution in [0.4, 0.5) is 0 Å². The Labute approximate surface area is 136 Å². The van der Waals surface area contributed by atoms with Crippen molar-refractivity contribution >= 4 is 5.91 Å². The lowest BCUT2D eigenvalue weighted by molar-refractivity contribution is -0.298. The molecule has 4 heteroatoms. The molecule has 1 fully saturated rings. The van der Waals surface area contributed by atoms with Crippen molar-refractivity contribution in [2.75, 3.05) is 6.54 Å². The van der Waals surface area contributed by atoms with Crippen LogP contribution in [0.25, 0.3) is 0 Å². The van der Waals surface area contributed by atoms with Gasteiger partial charge in [-0.05, 0) is 47.0 Å². The second-order valence-electron chi connectivity index (χ2n) is 8.01. The van der Waals surface area contributed by atoms with Crippen molar-refractivity contribution in [2.24, 2.45) is 0 Å². The van der Waals surface area contributed by atoms with Gasteiger partial charge in [-0.1, -0.05) is 40.0 Å². The van der Waals surface area contributed by atoms with Gasteiger partial charge in [-0.15, -0.1) is 10.3 Å². The Bertz CT molecular complexity index is 387. The van der Waals surface area contributed by atoms with Crippen LogP contribution in [-0.4, -0.2) is 39.0 Å². The lowest BCUT2D eigenvalue weighted by atomic mass is 9.79. The lowest BCUT2D eigenvalue weighted by Crippen LogP contribution is -2.74. The van der Waals surface area contributed by atoms with Gasteiger partial charge in [0.15, 0.2) is 0 Å². The summed E-state index contributed by atoms with van der Waals surface area (Å²) in [5.41, 5.74) is -1.63. The minimum Gasteiger partial charge on any atom is -0.334 e. The van der Waals surface area contributed by atoms with Crippen molar-refractivity contribution in [1.82, 2.24) is 9.96 Å². The maximum atomic E-state index is 13.2. The largest absolute Gasteiger partial charge is 0.334 e. The summed E-state index contributed by atoms with van der Waals surface area (Å²) in [5, 5.41) is 13.9. The summed E-state index contributed by atoms with van der Waals surface area (Å²) in [6.45, 7) is 14.8. The van der Waals surface area contributed by atoms with Gasteiger partial charge >= 0.3 is 0 Å². The molecule has 0 unspecified atom stereocenters. The fourth-order valence-corrected chi connectivity index (χ4v) is 3.71. The van der Waals surface area contributed by atoms with Crippen molar-refractivity contribution < 1.29 is 10.0 Å². The van der Waals surface area contributed by atoms with E-state index in [4.69, 9.17) is 0 Å². The van der Waals surface area contributed by atoms with E-state index >= 15 is 0 Å². The van der Waals surface area contributed by atoms with Gasteiger partial charge in [0.05, 0.1) is 5.54 Å². The molecule has 4 nitrogen and oxygen atoms in total. The first-order chi connectivity index (χ1) is 10.1. The molecule has 22 heavy (non-hydrogen) atoms. The van der Waals surface area contributed by atoms with Gasteiger partial charge < -0.3 is 4.90 Å². The number of unbranched alkanes of at least 4 members (excludes halogenated alkanes) is 2. The van der Waals surface area contributed by atoms with Crippen LogP contribution in [0.2, 0.25) is 0 Å². The number of rotatable bonds is 7. The molecule has 0 bridgehead atoms. The average molecular weight is 311 g/mol. The molecular weight excluding hydrogens is 276 g/mol. The zero-order chi connectivity index (χ0) is 17.2. The highest BCUT2D eigenvalue weighted by atomic mass is 16.5. The molecule has 0 saturated carbocycles. The molecular formula is C18H35N2O2. The summed E-state index contributed by atoms with van der Waals surface area (Å²) in [6, 6.07) is 0. The maximum Gasteiger partial charge on any atom is 0.246 e. The second kappa shape index (κ2) is 6.88. The Balaban J connectivity index is 3.12. The highest BCUT2D eigenvalue weighted by Gasteiger charge is 2.57. The van der Waals surface area contributed by atoms with E-state index in [1.54, 1.807) is 0 Å². The predicted octanol–water partition coefficient (Wildman–Crippen LogP) is 4.17. The smallest absolute Gasteiger partial charge is 0.246 e. The second-order valence-corrected chi connectivity index (χ2v) is 8.01. The molecule has 1 radical (unpaired) electrons. The molecule has 0 aromatic rings. The number of nitrogens with zero attached hydrogens (tertiary/aromatic N) is 2. The molecule has 1 amide bonds. The monoisotopic (exact) mass is 311 g/mol. The van der Waals surface area contributed by atoms with Crippen molar-refractivity contribution in [1.29, 1.82) is 0 Å². The summed E-state index contributed by atoms with van der Waals surface area (Å²) in [5.74, 6) is 0.0216. The summed E-state index contributed by atoms with van der Waals surface area (Å²) in [4.78, 5) is 15.2. The van der Waals surface area contributed by atoms with Crippen LogP contribution in [0.3, 0.4) is 0 Å². The third kappa shape index (κ3) is 3.33. The molecule has 1 aliphatic heterocycles. The molecule has 1 rings (SSSR count). The number of carbonyl (C=O) groups is 1. The topological polar surface area (TPSA) is 43.5 Å². The summed E-state index contributed by atoms with van der Waals surface area (Å²) in [7, 11) is 0. The quantitative estimate of drug-likeness (QED) is 0.662. The van der Waals surface area contributed by atoms with Gasteiger partial charge in [-0.3, -0.25) is 4.79 Å². The van der Waals surface area contributed by atoms with Crippen LogP contribution >= 0.6 is 0 Å². The molecule has 0 aromatic heterocycles. The molecule has 0 aliphatic carbocycles. The molecule has 0 aromatic carbocycles. The fourth-order valence-electron chi connectivity index (χ4n) is 3.71. The van der Waals surface area contributed by atoms with Crippen LogP contribution < -0.4 is 0 Å². The van der Waals surface area contributed by atoms with E-state index in [0.717, 1.165) is 17.9 Å². The van der Waals surface area contributed by atoms with E-state index in [1.807, 2.05) is 32.6 Å². The van der Waals surface area contributed by atoms with E-state index in [1.165, 1.54) is 12.8 Å². The third-order valence-electron chi connectivity index (χ3n) is 5.42. The van der Waals surface area contributed by atoms with Crippen LogP contribution in [0.1, 0.15) is 87.0 Å². The first-order valence-electron chi connectivity index (χ1n) is 8.88. The van der Waals surface area contributed by atoms with Gasteiger partial charge in [0, 0.05) is 12.1 Å². The first-order valence-corrected chi connectivity index (χ1v) is 8.88. The molecule has 0 atom stereocenters. The number of hydrogen-bond donors (Lipinski definition) is 0. The number of amides is 1. The Hall–Kier alpha value is -0.610.